The van der Waals surface area contributed by atoms with Crippen molar-refractivity contribution in [2.45, 2.75) is 19.1 Å². The molecule has 3 rings (SSSR count). The van der Waals surface area contributed by atoms with E-state index < -0.39 is 0 Å². The van der Waals surface area contributed by atoms with Gasteiger partial charge in [0.05, 0.1) is 38.5 Å². The van der Waals surface area contributed by atoms with Crippen LogP contribution >= 0.6 is 35.6 Å². The number of nitrogens with zero attached hydrogens (tertiary/aromatic N) is 3. The monoisotopic (exact) mass is 512 g/mol. The Morgan fingerprint density at radius 2 is 2.07 bits per heavy atom. The van der Waals surface area contributed by atoms with Gasteiger partial charge in [-0.25, -0.2) is 4.39 Å². The van der Waals surface area contributed by atoms with Crippen LogP contribution in [0, 0.1) is 5.82 Å². The van der Waals surface area contributed by atoms with E-state index in [0.717, 1.165) is 13.1 Å². The van der Waals surface area contributed by atoms with Crippen LogP contribution < -0.4 is 5.73 Å². The molecule has 0 aliphatic carbocycles. The molecule has 1 aromatic carbocycles. The summed E-state index contributed by atoms with van der Waals surface area (Å²) in [6, 6.07) is 4.49. The standard InChI is InChI=1S/C18H26ClFN4O2.HI/c1-13-12-24(7-10-26-13)16(17-14(19)3-2-4-15(17)20)11-22-18(21)23-5-8-25-9-6-23;/h2-4,13,16H,5-12H2,1H3,(H2,21,22);1H. The van der Waals surface area contributed by atoms with Crippen LogP contribution in [0.2, 0.25) is 5.02 Å². The van der Waals surface area contributed by atoms with E-state index in [0.29, 0.717) is 56.0 Å². The van der Waals surface area contributed by atoms with Gasteiger partial charge >= 0.3 is 0 Å². The van der Waals surface area contributed by atoms with Crippen LogP contribution in [-0.4, -0.2) is 74.4 Å². The van der Waals surface area contributed by atoms with Gasteiger partial charge in [-0.3, -0.25) is 9.89 Å². The molecule has 2 heterocycles. The lowest BCUT2D eigenvalue weighted by Gasteiger charge is -2.37. The molecular weight excluding hydrogens is 486 g/mol. The number of hydrogen-bond acceptors (Lipinski definition) is 4. The Labute approximate surface area is 181 Å². The summed E-state index contributed by atoms with van der Waals surface area (Å²) in [5.74, 6) is 0.147. The number of nitrogens with two attached hydrogens (primary N) is 1. The van der Waals surface area contributed by atoms with Gasteiger partial charge in [-0.1, -0.05) is 17.7 Å². The van der Waals surface area contributed by atoms with Crippen molar-refractivity contribution >= 4 is 41.5 Å². The summed E-state index contributed by atoms with van der Waals surface area (Å²) < 4.78 is 25.5. The zero-order chi connectivity index (χ0) is 18.5. The molecule has 6 nitrogen and oxygen atoms in total. The predicted molar refractivity (Wildman–Crippen MR) is 115 cm³/mol. The molecule has 0 saturated carbocycles. The maximum atomic E-state index is 14.6. The second-order valence-electron chi connectivity index (χ2n) is 6.63. The molecule has 9 heteroatoms. The molecule has 152 valence electrons. The third-order valence-corrected chi connectivity index (χ3v) is 5.14. The first-order valence-electron chi connectivity index (χ1n) is 8.98. The number of hydrogen-bond donors (Lipinski definition) is 1. The van der Waals surface area contributed by atoms with Crippen molar-refractivity contribution in [3.05, 3.63) is 34.6 Å². The number of benzene rings is 1. The minimum absolute atomic E-state index is 0. The van der Waals surface area contributed by atoms with E-state index in [1.165, 1.54) is 6.07 Å². The van der Waals surface area contributed by atoms with E-state index in [4.69, 9.17) is 26.8 Å². The topological polar surface area (TPSA) is 63.3 Å². The smallest absolute Gasteiger partial charge is 0.191 e. The number of halogens is 3. The number of morpholine rings is 2. The molecule has 1 aromatic rings. The Bertz CT molecular complexity index is 626. The van der Waals surface area contributed by atoms with Gasteiger partial charge in [-0.05, 0) is 19.1 Å². The summed E-state index contributed by atoms with van der Waals surface area (Å²) in [6.07, 6.45) is 0.0809. The SMILES string of the molecule is CC1CN(C(CN=C(N)N2CCOCC2)c2c(F)cccc2Cl)CCO1.I. The van der Waals surface area contributed by atoms with Gasteiger partial charge in [0.2, 0.25) is 0 Å². The highest BCUT2D eigenvalue weighted by Crippen LogP contribution is 2.31. The summed E-state index contributed by atoms with van der Waals surface area (Å²) >= 11 is 6.34. The van der Waals surface area contributed by atoms with Crippen LogP contribution in [0.5, 0.6) is 0 Å². The Balaban J connectivity index is 0.00000261. The molecule has 0 radical (unpaired) electrons. The Morgan fingerprint density at radius 3 is 2.74 bits per heavy atom. The summed E-state index contributed by atoms with van der Waals surface area (Å²) in [7, 11) is 0. The maximum absolute atomic E-state index is 14.6. The quantitative estimate of drug-likeness (QED) is 0.382. The van der Waals surface area contributed by atoms with Gasteiger partial charge < -0.3 is 20.1 Å². The van der Waals surface area contributed by atoms with Gasteiger partial charge in [0.1, 0.15) is 5.82 Å². The van der Waals surface area contributed by atoms with Crippen molar-refractivity contribution in [2.75, 3.05) is 52.5 Å². The molecule has 2 aliphatic heterocycles. The molecule has 0 aromatic heterocycles. The minimum atomic E-state index is -0.318. The first-order chi connectivity index (χ1) is 12.6. The fourth-order valence-corrected chi connectivity index (χ4v) is 3.71. The van der Waals surface area contributed by atoms with Crippen molar-refractivity contribution in [3.8, 4) is 0 Å². The minimum Gasteiger partial charge on any atom is -0.378 e. The Kier molecular flexibility index (Phi) is 9.00. The average molecular weight is 513 g/mol. The van der Waals surface area contributed by atoms with Gasteiger partial charge in [-0.2, -0.15) is 0 Å². The van der Waals surface area contributed by atoms with Gasteiger partial charge in [0, 0.05) is 36.8 Å². The van der Waals surface area contributed by atoms with E-state index in [1.807, 2.05) is 11.8 Å². The summed E-state index contributed by atoms with van der Waals surface area (Å²) in [5.41, 5.74) is 6.63. The van der Waals surface area contributed by atoms with Crippen LogP contribution in [0.3, 0.4) is 0 Å². The van der Waals surface area contributed by atoms with E-state index >= 15 is 0 Å². The summed E-state index contributed by atoms with van der Waals surface area (Å²) in [5, 5.41) is 0.411. The molecule has 0 spiro atoms. The highest BCUT2D eigenvalue weighted by atomic mass is 127. The maximum Gasteiger partial charge on any atom is 0.191 e. The fraction of sp³-hybridized carbons (Fsp3) is 0.611. The fourth-order valence-electron chi connectivity index (χ4n) is 3.42. The Hall–Kier alpha value is -0.680. The van der Waals surface area contributed by atoms with Crippen molar-refractivity contribution in [3.63, 3.8) is 0 Å². The molecule has 0 bridgehead atoms. The van der Waals surface area contributed by atoms with Crippen LogP contribution in [0.15, 0.2) is 23.2 Å². The van der Waals surface area contributed by atoms with Crippen LogP contribution in [0.4, 0.5) is 4.39 Å². The van der Waals surface area contributed by atoms with E-state index in [9.17, 15) is 4.39 Å². The third-order valence-electron chi connectivity index (χ3n) is 4.81. The highest BCUT2D eigenvalue weighted by molar-refractivity contribution is 14.0. The van der Waals surface area contributed by atoms with Crippen LogP contribution in [0.1, 0.15) is 18.5 Å². The van der Waals surface area contributed by atoms with Gasteiger partial charge in [0.15, 0.2) is 5.96 Å². The van der Waals surface area contributed by atoms with Gasteiger partial charge in [-0.15, -0.1) is 24.0 Å². The van der Waals surface area contributed by atoms with Crippen molar-refractivity contribution < 1.29 is 13.9 Å². The second kappa shape index (κ2) is 10.8. The zero-order valence-corrected chi connectivity index (χ0v) is 18.5. The second-order valence-corrected chi connectivity index (χ2v) is 7.03. The lowest BCUT2D eigenvalue weighted by Crippen LogP contribution is -2.46. The zero-order valence-electron chi connectivity index (χ0n) is 15.4. The molecule has 2 aliphatic rings. The van der Waals surface area contributed by atoms with Crippen LogP contribution in [-0.2, 0) is 9.47 Å². The third kappa shape index (κ3) is 5.90. The number of guanidine groups is 1. The van der Waals surface area contributed by atoms with E-state index in [2.05, 4.69) is 9.89 Å². The first kappa shape index (κ1) is 22.6. The molecule has 2 atom stereocenters. The highest BCUT2D eigenvalue weighted by Gasteiger charge is 2.29. The molecule has 2 saturated heterocycles. The van der Waals surface area contributed by atoms with E-state index in [1.54, 1.807) is 12.1 Å². The predicted octanol–water partition coefficient (Wildman–Crippen LogP) is 2.51. The molecular formula is C18H27ClFIN4O2. The molecule has 0 amide bonds. The number of aliphatic imine (C=N–C) groups is 1. The van der Waals surface area contributed by atoms with Crippen molar-refractivity contribution in [1.82, 2.24) is 9.80 Å². The summed E-state index contributed by atoms with van der Waals surface area (Å²) in [6.45, 7) is 7.07. The first-order valence-corrected chi connectivity index (χ1v) is 9.36. The largest absolute Gasteiger partial charge is 0.378 e. The van der Waals surface area contributed by atoms with Crippen molar-refractivity contribution in [2.24, 2.45) is 10.7 Å². The average Bonchev–Trinajstić information content (AvgIpc) is 2.64. The molecule has 2 fully saturated rings. The van der Waals surface area contributed by atoms with E-state index in [-0.39, 0.29) is 41.9 Å². The van der Waals surface area contributed by atoms with Crippen molar-refractivity contribution in [1.29, 1.82) is 0 Å². The Morgan fingerprint density at radius 1 is 1.33 bits per heavy atom. The number of ether oxygens (including phenoxy) is 2. The molecule has 2 N–H and O–H groups in total. The van der Waals surface area contributed by atoms with Gasteiger partial charge in [0.25, 0.3) is 0 Å². The molecule has 2 unspecified atom stereocenters. The number of rotatable bonds is 4. The lowest BCUT2D eigenvalue weighted by molar-refractivity contribution is -0.0337. The lowest BCUT2D eigenvalue weighted by atomic mass is 10.0. The molecule has 27 heavy (non-hydrogen) atoms. The normalized spacial score (nSPS) is 23.0. The van der Waals surface area contributed by atoms with Crippen LogP contribution in [0.25, 0.3) is 0 Å². The summed E-state index contributed by atoms with van der Waals surface area (Å²) in [4.78, 5) is 8.73.